The first-order chi connectivity index (χ1) is 5.02. The van der Waals surface area contributed by atoms with Crippen molar-refractivity contribution in [3.05, 3.63) is 22.3 Å². The Morgan fingerprint density at radius 1 is 1.45 bits per heavy atom. The maximum Gasteiger partial charge on any atom is 0.328 e. The summed E-state index contributed by atoms with van der Waals surface area (Å²) in [7, 11) is 0. The molecular weight excluding hydrogens is 158 g/mol. The van der Waals surface area contributed by atoms with Gasteiger partial charge in [0.1, 0.15) is 0 Å². The second-order valence-electron chi connectivity index (χ2n) is 1.31. The van der Waals surface area contributed by atoms with Gasteiger partial charge in [-0.25, -0.2) is 9.63 Å². The average molecular weight is 161 g/mol. The minimum Gasteiger partial charge on any atom is -0.478 e. The highest BCUT2D eigenvalue weighted by Gasteiger charge is 2.02. The van der Waals surface area contributed by atoms with Crippen LogP contribution in [0.15, 0.2) is 12.2 Å². The largest absolute Gasteiger partial charge is 0.478 e. The molecular formula is C4H3NO6. The van der Waals surface area contributed by atoms with E-state index in [1.54, 1.807) is 0 Å². The van der Waals surface area contributed by atoms with Crippen LogP contribution in [0.1, 0.15) is 0 Å². The van der Waals surface area contributed by atoms with E-state index in [-0.39, 0.29) is 0 Å². The summed E-state index contributed by atoms with van der Waals surface area (Å²) in [5, 5.41) is 16.0. The quantitative estimate of drug-likeness (QED) is 0.335. The molecule has 0 saturated carbocycles. The molecule has 0 heterocycles. The molecule has 0 aliphatic carbocycles. The molecule has 60 valence electrons. The summed E-state index contributed by atoms with van der Waals surface area (Å²) in [6, 6.07) is 0. The van der Waals surface area contributed by atoms with Gasteiger partial charge in [0.25, 0.3) is 0 Å². The van der Waals surface area contributed by atoms with E-state index in [1.165, 1.54) is 0 Å². The number of carboxylic acids is 1. The number of rotatable bonds is 3. The molecule has 0 radical (unpaired) electrons. The van der Waals surface area contributed by atoms with Crippen molar-refractivity contribution >= 4 is 11.9 Å². The molecule has 0 amide bonds. The van der Waals surface area contributed by atoms with Crippen LogP contribution in [-0.4, -0.2) is 22.1 Å². The van der Waals surface area contributed by atoms with E-state index >= 15 is 0 Å². The zero-order chi connectivity index (χ0) is 8.85. The molecule has 0 atom stereocenters. The highest BCUT2D eigenvalue weighted by molar-refractivity contribution is 5.90. The van der Waals surface area contributed by atoms with Gasteiger partial charge in [-0.3, -0.25) is 4.79 Å². The summed E-state index contributed by atoms with van der Waals surface area (Å²) in [6.45, 7) is 0. The van der Waals surface area contributed by atoms with Gasteiger partial charge in [0.15, 0.2) is 0 Å². The van der Waals surface area contributed by atoms with Crippen molar-refractivity contribution in [2.75, 3.05) is 0 Å². The minimum atomic E-state index is -1.38. The smallest absolute Gasteiger partial charge is 0.328 e. The first-order valence-electron chi connectivity index (χ1n) is 2.29. The summed E-state index contributed by atoms with van der Waals surface area (Å²) in [4.78, 5) is 32.6. The monoisotopic (exact) mass is 161 g/mol. The van der Waals surface area contributed by atoms with E-state index in [4.69, 9.17) is 5.11 Å². The Bertz CT molecular complexity index is 219. The summed E-state index contributed by atoms with van der Waals surface area (Å²) in [5.74, 6) is -2.72. The fraction of sp³-hybridized carbons (Fsp3) is 0. The van der Waals surface area contributed by atoms with E-state index < -0.39 is 17.0 Å². The Morgan fingerprint density at radius 2 is 2.00 bits per heavy atom. The number of hydrogen-bond acceptors (Lipinski definition) is 5. The van der Waals surface area contributed by atoms with Crippen LogP contribution < -0.4 is 0 Å². The molecule has 0 aromatic carbocycles. The number of nitrogens with zero attached hydrogens (tertiary/aromatic N) is 1. The molecule has 11 heavy (non-hydrogen) atoms. The Morgan fingerprint density at radius 3 is 2.36 bits per heavy atom. The van der Waals surface area contributed by atoms with Crippen LogP contribution in [0.2, 0.25) is 0 Å². The van der Waals surface area contributed by atoms with Gasteiger partial charge in [0, 0.05) is 12.2 Å². The minimum absolute atomic E-state index is 0.436. The van der Waals surface area contributed by atoms with Crippen molar-refractivity contribution in [3.63, 3.8) is 0 Å². The molecule has 0 spiro atoms. The van der Waals surface area contributed by atoms with Gasteiger partial charge in [-0.2, -0.15) is 0 Å². The van der Waals surface area contributed by atoms with Crippen LogP contribution in [-0.2, 0) is 14.4 Å². The molecule has 0 saturated heterocycles. The molecule has 1 N–H and O–H groups in total. The van der Waals surface area contributed by atoms with Crippen LogP contribution in [0.25, 0.3) is 0 Å². The third kappa shape index (κ3) is 5.96. The fourth-order valence-electron chi connectivity index (χ4n) is 0.243. The fourth-order valence-corrected chi connectivity index (χ4v) is 0.243. The molecule has 0 aliphatic heterocycles. The molecule has 7 heteroatoms. The van der Waals surface area contributed by atoms with Crippen molar-refractivity contribution in [1.82, 2.24) is 0 Å². The summed E-state index contributed by atoms with van der Waals surface area (Å²) < 4.78 is 0. The Kier molecular flexibility index (Phi) is 3.29. The normalized spacial score (nSPS) is 9.45. The van der Waals surface area contributed by atoms with E-state index in [9.17, 15) is 19.7 Å². The van der Waals surface area contributed by atoms with Crippen LogP contribution in [0, 0.1) is 10.1 Å². The third-order valence-corrected chi connectivity index (χ3v) is 0.527. The van der Waals surface area contributed by atoms with Gasteiger partial charge in [-0.05, 0) is 0 Å². The lowest BCUT2D eigenvalue weighted by Crippen LogP contribution is -2.07. The van der Waals surface area contributed by atoms with Crippen molar-refractivity contribution < 1.29 is 24.6 Å². The predicted molar refractivity (Wildman–Crippen MR) is 29.9 cm³/mol. The number of carbonyl (C=O) groups is 2. The van der Waals surface area contributed by atoms with Crippen molar-refractivity contribution in [2.24, 2.45) is 0 Å². The molecule has 0 rings (SSSR count). The number of carboxylic acid groups (broad SMARTS) is 1. The van der Waals surface area contributed by atoms with Crippen LogP contribution in [0.3, 0.4) is 0 Å². The second kappa shape index (κ2) is 3.99. The maximum atomic E-state index is 10.1. The molecule has 7 nitrogen and oxygen atoms in total. The van der Waals surface area contributed by atoms with Crippen LogP contribution in [0.5, 0.6) is 0 Å². The SMILES string of the molecule is O=C(O)/C=C\C(=O)O[N+](=O)[O-]. The number of aliphatic carboxylic acids is 1. The molecule has 0 aromatic heterocycles. The predicted octanol–water partition coefficient (Wildman–Crippen LogP) is -0.638. The van der Waals surface area contributed by atoms with Gasteiger partial charge in [-0.15, -0.1) is 10.1 Å². The Balaban J connectivity index is 3.88. The van der Waals surface area contributed by atoms with Gasteiger partial charge in [0.2, 0.25) is 0 Å². The van der Waals surface area contributed by atoms with Gasteiger partial charge < -0.3 is 5.11 Å². The third-order valence-electron chi connectivity index (χ3n) is 0.527. The number of carbonyl (C=O) groups excluding carboxylic acids is 1. The van der Waals surface area contributed by atoms with Gasteiger partial charge in [-0.1, -0.05) is 0 Å². The molecule has 0 unspecified atom stereocenters. The lowest BCUT2D eigenvalue weighted by Gasteiger charge is -1.86. The van der Waals surface area contributed by atoms with E-state index in [0.717, 1.165) is 0 Å². The van der Waals surface area contributed by atoms with E-state index in [2.05, 4.69) is 4.84 Å². The van der Waals surface area contributed by atoms with Crippen molar-refractivity contribution in [1.29, 1.82) is 0 Å². The Hall–Kier alpha value is -1.92. The van der Waals surface area contributed by atoms with E-state index in [1.807, 2.05) is 0 Å². The van der Waals surface area contributed by atoms with Crippen LogP contribution >= 0.6 is 0 Å². The zero-order valence-corrected chi connectivity index (χ0v) is 5.09. The lowest BCUT2D eigenvalue weighted by molar-refractivity contribution is -0.728. The molecule has 0 aromatic rings. The molecule has 0 aliphatic rings. The Labute approximate surface area is 60.0 Å². The highest BCUT2D eigenvalue weighted by atomic mass is 17.0. The topological polar surface area (TPSA) is 107 Å². The first-order valence-corrected chi connectivity index (χ1v) is 2.29. The van der Waals surface area contributed by atoms with Crippen LogP contribution in [0.4, 0.5) is 0 Å². The summed E-state index contributed by atoms with van der Waals surface area (Å²) in [6.07, 6.45) is 0.872. The van der Waals surface area contributed by atoms with Gasteiger partial charge in [0.05, 0.1) is 0 Å². The first kappa shape index (κ1) is 9.08. The highest BCUT2D eigenvalue weighted by Crippen LogP contribution is 1.81. The lowest BCUT2D eigenvalue weighted by atomic mass is 10.5. The number of hydrogen-bond donors (Lipinski definition) is 1. The zero-order valence-electron chi connectivity index (χ0n) is 5.09. The molecule has 0 fully saturated rings. The summed E-state index contributed by atoms with van der Waals surface area (Å²) >= 11 is 0. The molecule has 0 bridgehead atoms. The van der Waals surface area contributed by atoms with Gasteiger partial charge >= 0.3 is 17.0 Å². The average Bonchev–Trinajstić information content (AvgIpc) is 1.82. The second-order valence-corrected chi connectivity index (χ2v) is 1.31. The summed E-state index contributed by atoms with van der Waals surface area (Å²) in [5.41, 5.74) is 0. The van der Waals surface area contributed by atoms with E-state index in [0.29, 0.717) is 12.2 Å². The van der Waals surface area contributed by atoms with Crippen molar-refractivity contribution in [3.8, 4) is 0 Å². The standard InChI is InChI=1S/C4H3NO6/c6-3(7)1-2-4(8)11-5(9)10/h1-2H,(H,6,7)/b2-1-. The van der Waals surface area contributed by atoms with Crippen molar-refractivity contribution in [2.45, 2.75) is 0 Å². The maximum absolute atomic E-state index is 10.1.